The van der Waals surface area contributed by atoms with Crippen LogP contribution in [-0.2, 0) is 16.8 Å². The third-order valence-corrected chi connectivity index (χ3v) is 3.83. The predicted octanol–water partition coefficient (Wildman–Crippen LogP) is 2.99. The Kier molecular flexibility index (Phi) is 5.24. The number of hydrogen-bond donors (Lipinski definition) is 2. The van der Waals surface area contributed by atoms with Crippen LogP contribution >= 0.6 is 0 Å². The molecule has 0 spiro atoms. The van der Waals surface area contributed by atoms with Crippen LogP contribution in [0, 0.1) is 0 Å². The maximum atomic E-state index is 12.4. The van der Waals surface area contributed by atoms with E-state index in [1.165, 1.54) is 6.07 Å². The Morgan fingerprint density at radius 3 is 2.38 bits per heavy atom. The zero-order valence-corrected chi connectivity index (χ0v) is 14.0. The number of para-hydroxylation sites is 1. The van der Waals surface area contributed by atoms with Gasteiger partial charge in [-0.2, -0.15) is 0 Å². The molecule has 5 heteroatoms. The van der Waals surface area contributed by atoms with Crippen LogP contribution < -0.4 is 10.1 Å². The fourth-order valence-electron chi connectivity index (χ4n) is 2.68. The molecule has 24 heavy (non-hydrogen) atoms. The lowest BCUT2D eigenvalue weighted by atomic mass is 9.92. The molecule has 0 radical (unpaired) electrons. The van der Waals surface area contributed by atoms with Crippen molar-refractivity contribution in [3.8, 4) is 5.75 Å². The molecule has 5 nitrogen and oxygen atoms in total. The van der Waals surface area contributed by atoms with Crippen molar-refractivity contribution in [3.05, 3.63) is 65.2 Å². The molecule has 0 atom stereocenters. The first-order valence-electron chi connectivity index (χ1n) is 7.61. The van der Waals surface area contributed by atoms with Gasteiger partial charge in [0.1, 0.15) is 5.75 Å². The summed E-state index contributed by atoms with van der Waals surface area (Å²) in [6.45, 7) is 3.76. The highest BCUT2D eigenvalue weighted by molar-refractivity contribution is 5.91. The molecule has 2 N–H and O–H groups in total. The lowest BCUT2D eigenvalue weighted by Gasteiger charge is -2.28. The van der Waals surface area contributed by atoms with Gasteiger partial charge in [-0.15, -0.1) is 0 Å². The number of nitrogens with one attached hydrogen (secondary N) is 1. The Labute approximate surface area is 141 Å². The summed E-state index contributed by atoms with van der Waals surface area (Å²) in [6, 6.07) is 14.0. The minimum absolute atomic E-state index is 0.00104. The normalized spacial score (nSPS) is 11.0. The second-order valence-corrected chi connectivity index (χ2v) is 6.01. The standard InChI is InChI=1S/C19H21NO4/c1-19(2,15-10-6-7-11-16(15)24-3)20-17(21)12-13-8-4-5-9-14(13)18(22)23/h4-11H,12H2,1-3H3,(H,20,21)(H,22,23). The number of aromatic carboxylic acids is 1. The Morgan fingerprint density at radius 2 is 1.71 bits per heavy atom. The fraction of sp³-hybridized carbons (Fsp3) is 0.263. The van der Waals surface area contributed by atoms with Gasteiger partial charge in [0.05, 0.1) is 24.6 Å². The fourth-order valence-corrected chi connectivity index (χ4v) is 2.68. The van der Waals surface area contributed by atoms with Crippen LogP contribution in [0.4, 0.5) is 0 Å². The Bertz CT molecular complexity index is 753. The minimum Gasteiger partial charge on any atom is -0.496 e. The van der Waals surface area contributed by atoms with E-state index >= 15 is 0 Å². The van der Waals surface area contributed by atoms with Crippen LogP contribution in [0.1, 0.15) is 35.3 Å². The van der Waals surface area contributed by atoms with E-state index in [1.807, 2.05) is 38.1 Å². The van der Waals surface area contributed by atoms with Gasteiger partial charge in [0.25, 0.3) is 0 Å². The number of carboxylic acids is 1. The van der Waals surface area contributed by atoms with Crippen molar-refractivity contribution < 1.29 is 19.4 Å². The van der Waals surface area contributed by atoms with E-state index in [1.54, 1.807) is 25.3 Å². The van der Waals surface area contributed by atoms with Crippen molar-refractivity contribution in [1.29, 1.82) is 0 Å². The van der Waals surface area contributed by atoms with E-state index in [-0.39, 0.29) is 17.9 Å². The molecule has 0 bridgehead atoms. The van der Waals surface area contributed by atoms with E-state index in [4.69, 9.17) is 4.74 Å². The number of carbonyl (C=O) groups is 2. The van der Waals surface area contributed by atoms with Gasteiger partial charge in [0.15, 0.2) is 0 Å². The summed E-state index contributed by atoms with van der Waals surface area (Å²) < 4.78 is 5.35. The van der Waals surface area contributed by atoms with Crippen molar-refractivity contribution in [2.75, 3.05) is 7.11 Å². The molecule has 0 heterocycles. The second-order valence-electron chi connectivity index (χ2n) is 6.01. The first-order valence-corrected chi connectivity index (χ1v) is 7.61. The van der Waals surface area contributed by atoms with E-state index in [2.05, 4.69) is 5.32 Å². The van der Waals surface area contributed by atoms with Gasteiger partial charge in [-0.3, -0.25) is 4.79 Å². The average Bonchev–Trinajstić information content (AvgIpc) is 2.54. The molecule has 0 aromatic heterocycles. The summed E-state index contributed by atoms with van der Waals surface area (Å²) >= 11 is 0. The van der Waals surface area contributed by atoms with E-state index in [0.717, 1.165) is 5.56 Å². The van der Waals surface area contributed by atoms with Crippen LogP contribution in [0.2, 0.25) is 0 Å². The molecule has 2 aromatic carbocycles. The molecule has 2 rings (SSSR count). The number of methoxy groups -OCH3 is 1. The number of benzene rings is 2. The topological polar surface area (TPSA) is 75.6 Å². The van der Waals surface area contributed by atoms with Crippen LogP contribution in [-0.4, -0.2) is 24.1 Å². The van der Waals surface area contributed by atoms with Gasteiger partial charge in [0, 0.05) is 5.56 Å². The number of ether oxygens (including phenoxy) is 1. The summed E-state index contributed by atoms with van der Waals surface area (Å²) in [5.74, 6) is -0.601. The highest BCUT2D eigenvalue weighted by Crippen LogP contribution is 2.29. The van der Waals surface area contributed by atoms with Crippen molar-refractivity contribution in [2.45, 2.75) is 25.8 Å². The Balaban J connectivity index is 2.19. The monoisotopic (exact) mass is 327 g/mol. The van der Waals surface area contributed by atoms with Crippen LogP contribution in [0.5, 0.6) is 5.75 Å². The van der Waals surface area contributed by atoms with Gasteiger partial charge in [-0.05, 0) is 31.5 Å². The Morgan fingerprint density at radius 1 is 1.08 bits per heavy atom. The largest absolute Gasteiger partial charge is 0.496 e. The first kappa shape index (κ1) is 17.5. The predicted molar refractivity (Wildman–Crippen MR) is 91.3 cm³/mol. The maximum Gasteiger partial charge on any atom is 0.335 e. The minimum atomic E-state index is -1.04. The molecule has 126 valence electrons. The number of carbonyl (C=O) groups excluding carboxylic acids is 1. The average molecular weight is 327 g/mol. The van der Waals surface area contributed by atoms with Crippen molar-refractivity contribution in [1.82, 2.24) is 5.32 Å². The molecule has 2 aromatic rings. The van der Waals surface area contributed by atoms with E-state index in [9.17, 15) is 14.7 Å². The van der Waals surface area contributed by atoms with Crippen LogP contribution in [0.15, 0.2) is 48.5 Å². The lowest BCUT2D eigenvalue weighted by Crippen LogP contribution is -2.42. The quantitative estimate of drug-likeness (QED) is 0.855. The van der Waals surface area contributed by atoms with Crippen LogP contribution in [0.25, 0.3) is 0 Å². The van der Waals surface area contributed by atoms with E-state index in [0.29, 0.717) is 11.3 Å². The molecule has 0 saturated carbocycles. The van der Waals surface area contributed by atoms with Crippen LogP contribution in [0.3, 0.4) is 0 Å². The summed E-state index contributed by atoms with van der Waals surface area (Å²) in [7, 11) is 1.58. The third-order valence-electron chi connectivity index (χ3n) is 3.83. The lowest BCUT2D eigenvalue weighted by molar-refractivity contribution is -0.122. The van der Waals surface area contributed by atoms with Crippen molar-refractivity contribution in [3.63, 3.8) is 0 Å². The number of rotatable bonds is 6. The van der Waals surface area contributed by atoms with E-state index < -0.39 is 11.5 Å². The molecule has 0 saturated heterocycles. The molecule has 0 aliphatic heterocycles. The highest BCUT2D eigenvalue weighted by Gasteiger charge is 2.26. The summed E-state index contributed by atoms with van der Waals surface area (Å²) in [5.41, 5.74) is 0.829. The second kappa shape index (κ2) is 7.17. The summed E-state index contributed by atoms with van der Waals surface area (Å²) in [4.78, 5) is 23.7. The maximum absolute atomic E-state index is 12.4. The van der Waals surface area contributed by atoms with Crippen molar-refractivity contribution in [2.24, 2.45) is 0 Å². The van der Waals surface area contributed by atoms with Gasteiger partial charge >= 0.3 is 5.97 Å². The first-order chi connectivity index (χ1) is 11.3. The molecule has 0 aliphatic rings. The zero-order chi connectivity index (χ0) is 17.7. The number of amides is 1. The molecule has 0 unspecified atom stereocenters. The highest BCUT2D eigenvalue weighted by atomic mass is 16.5. The number of hydrogen-bond acceptors (Lipinski definition) is 3. The zero-order valence-electron chi connectivity index (χ0n) is 14.0. The van der Waals surface area contributed by atoms with Gasteiger partial charge in [-0.1, -0.05) is 36.4 Å². The Hall–Kier alpha value is -2.82. The number of carboxylic acid groups (broad SMARTS) is 1. The van der Waals surface area contributed by atoms with Crippen molar-refractivity contribution >= 4 is 11.9 Å². The SMILES string of the molecule is COc1ccccc1C(C)(C)NC(=O)Cc1ccccc1C(=O)O. The molecule has 0 aliphatic carbocycles. The van der Waals surface area contributed by atoms with Gasteiger partial charge < -0.3 is 15.2 Å². The summed E-state index contributed by atoms with van der Waals surface area (Å²) in [6.07, 6.45) is 0.00104. The van der Waals surface area contributed by atoms with Gasteiger partial charge in [0.2, 0.25) is 5.91 Å². The third kappa shape index (κ3) is 3.93. The molecule has 0 fully saturated rings. The smallest absolute Gasteiger partial charge is 0.335 e. The van der Waals surface area contributed by atoms with Gasteiger partial charge in [-0.25, -0.2) is 4.79 Å². The molecule has 1 amide bonds. The summed E-state index contributed by atoms with van der Waals surface area (Å²) in [5, 5.41) is 12.2. The molecular formula is C19H21NO4. The molecular weight excluding hydrogens is 306 g/mol.